The van der Waals surface area contributed by atoms with Gasteiger partial charge in [0.2, 0.25) is 5.91 Å². The Bertz CT molecular complexity index is 451. The first-order valence-electron chi connectivity index (χ1n) is 6.04. The summed E-state index contributed by atoms with van der Waals surface area (Å²) >= 11 is 11.6. The van der Waals surface area contributed by atoms with E-state index in [4.69, 9.17) is 23.2 Å². The number of rotatable bonds is 6. The molecule has 106 valence electrons. The summed E-state index contributed by atoms with van der Waals surface area (Å²) in [5.41, 5.74) is 0.564. The average Bonchev–Trinajstić information content (AvgIpc) is 2.32. The number of nitrogens with one attached hydrogen (secondary N) is 2. The number of hydrogen-bond donors (Lipinski definition) is 3. The fraction of sp³-hybridized carbons (Fsp3) is 0.462. The summed E-state index contributed by atoms with van der Waals surface area (Å²) in [5.74, 6) is 0.321. The zero-order chi connectivity index (χ0) is 14.4. The Labute approximate surface area is 123 Å². The molecule has 3 N–H and O–H groups in total. The molecule has 0 saturated heterocycles. The van der Waals surface area contributed by atoms with Gasteiger partial charge in [-0.15, -0.1) is 0 Å². The molecule has 1 aromatic rings. The highest BCUT2D eigenvalue weighted by atomic mass is 35.5. The number of carbonyl (C=O) groups excluding carboxylic acids is 1. The number of carbonyl (C=O) groups is 1. The van der Waals surface area contributed by atoms with Gasteiger partial charge in [0.15, 0.2) is 0 Å². The molecule has 1 amide bonds. The van der Waals surface area contributed by atoms with E-state index < -0.39 is 0 Å². The third-order valence-electron chi connectivity index (χ3n) is 2.42. The summed E-state index contributed by atoms with van der Waals surface area (Å²) in [7, 11) is 0. The first-order valence-corrected chi connectivity index (χ1v) is 6.80. The van der Waals surface area contributed by atoms with Crippen molar-refractivity contribution in [3.63, 3.8) is 0 Å². The fourth-order valence-electron chi connectivity index (χ4n) is 1.45. The van der Waals surface area contributed by atoms with Gasteiger partial charge in [0.05, 0.1) is 11.6 Å². The van der Waals surface area contributed by atoms with Crippen LogP contribution in [-0.2, 0) is 11.3 Å². The Morgan fingerprint density at radius 3 is 2.68 bits per heavy atom. The molecular formula is C13H18Cl2N2O2. The molecule has 0 aromatic heterocycles. The Balaban J connectivity index is 2.43. The largest absolute Gasteiger partial charge is 0.506 e. The van der Waals surface area contributed by atoms with Crippen LogP contribution < -0.4 is 10.6 Å². The number of aromatic hydroxyl groups is 1. The Hall–Kier alpha value is -0.970. The van der Waals surface area contributed by atoms with E-state index in [1.54, 1.807) is 6.07 Å². The van der Waals surface area contributed by atoms with Crippen molar-refractivity contribution in [1.29, 1.82) is 0 Å². The molecule has 6 heteroatoms. The molecule has 0 unspecified atom stereocenters. The zero-order valence-corrected chi connectivity index (χ0v) is 12.5. The molecule has 0 fully saturated rings. The van der Waals surface area contributed by atoms with Crippen LogP contribution in [0.5, 0.6) is 5.75 Å². The SMILES string of the molecule is CC(C)CNC(=O)CNCc1cc(Cl)cc(Cl)c1O. The summed E-state index contributed by atoms with van der Waals surface area (Å²) in [6, 6.07) is 3.08. The molecular weight excluding hydrogens is 287 g/mol. The van der Waals surface area contributed by atoms with Crippen molar-refractivity contribution in [2.75, 3.05) is 13.1 Å². The third kappa shape index (κ3) is 5.68. The molecule has 0 bridgehead atoms. The van der Waals surface area contributed by atoms with Crippen molar-refractivity contribution < 1.29 is 9.90 Å². The van der Waals surface area contributed by atoms with Gasteiger partial charge < -0.3 is 15.7 Å². The van der Waals surface area contributed by atoms with Crippen LogP contribution in [0.3, 0.4) is 0 Å². The standard InChI is InChI=1S/C13H18Cl2N2O2/c1-8(2)5-17-12(18)7-16-6-9-3-10(14)4-11(15)13(9)19/h3-4,8,16,19H,5-7H2,1-2H3,(H,17,18). The number of hydrogen-bond acceptors (Lipinski definition) is 3. The zero-order valence-electron chi connectivity index (χ0n) is 11.0. The lowest BCUT2D eigenvalue weighted by Crippen LogP contribution is -2.35. The molecule has 0 saturated carbocycles. The van der Waals surface area contributed by atoms with Crippen molar-refractivity contribution >= 4 is 29.1 Å². The lowest BCUT2D eigenvalue weighted by molar-refractivity contribution is -0.120. The maximum absolute atomic E-state index is 11.5. The van der Waals surface area contributed by atoms with Crippen LogP contribution in [0.1, 0.15) is 19.4 Å². The molecule has 0 spiro atoms. The lowest BCUT2D eigenvalue weighted by atomic mass is 10.2. The highest BCUT2D eigenvalue weighted by Crippen LogP contribution is 2.30. The van der Waals surface area contributed by atoms with Gasteiger partial charge in [-0.1, -0.05) is 37.0 Å². The molecule has 0 heterocycles. The minimum atomic E-state index is -0.0821. The smallest absolute Gasteiger partial charge is 0.233 e. The quantitative estimate of drug-likeness (QED) is 0.757. The summed E-state index contributed by atoms with van der Waals surface area (Å²) in [6.07, 6.45) is 0. The number of benzene rings is 1. The Morgan fingerprint density at radius 2 is 2.05 bits per heavy atom. The molecule has 19 heavy (non-hydrogen) atoms. The number of phenolic OH excluding ortho intramolecular Hbond substituents is 1. The van der Waals surface area contributed by atoms with E-state index in [2.05, 4.69) is 10.6 Å². The Morgan fingerprint density at radius 1 is 1.37 bits per heavy atom. The van der Waals surface area contributed by atoms with Gasteiger partial charge in [-0.05, 0) is 18.1 Å². The van der Waals surface area contributed by atoms with Gasteiger partial charge in [0.25, 0.3) is 0 Å². The topological polar surface area (TPSA) is 61.4 Å². The van der Waals surface area contributed by atoms with Gasteiger partial charge in [-0.25, -0.2) is 0 Å². The molecule has 1 aromatic carbocycles. The lowest BCUT2D eigenvalue weighted by Gasteiger charge is -2.10. The van der Waals surface area contributed by atoms with Crippen LogP contribution in [0, 0.1) is 5.92 Å². The highest BCUT2D eigenvalue weighted by Gasteiger charge is 2.08. The van der Waals surface area contributed by atoms with Crippen molar-refractivity contribution in [3.8, 4) is 5.75 Å². The molecule has 0 aliphatic heterocycles. The molecule has 0 aliphatic rings. The minimum Gasteiger partial charge on any atom is -0.506 e. The normalized spacial score (nSPS) is 10.8. The van der Waals surface area contributed by atoms with Crippen molar-refractivity contribution in [1.82, 2.24) is 10.6 Å². The maximum atomic E-state index is 11.5. The molecule has 0 radical (unpaired) electrons. The van der Waals surface area contributed by atoms with Gasteiger partial charge in [0, 0.05) is 23.7 Å². The predicted molar refractivity (Wildman–Crippen MR) is 77.7 cm³/mol. The van der Waals surface area contributed by atoms with E-state index in [-0.39, 0.29) is 23.2 Å². The van der Waals surface area contributed by atoms with Crippen LogP contribution in [-0.4, -0.2) is 24.1 Å². The van der Waals surface area contributed by atoms with Crippen LogP contribution in [0.25, 0.3) is 0 Å². The second kappa shape index (κ2) is 7.58. The fourth-order valence-corrected chi connectivity index (χ4v) is 1.98. The first-order chi connectivity index (χ1) is 8.90. The summed E-state index contributed by atoms with van der Waals surface area (Å²) in [4.78, 5) is 11.5. The third-order valence-corrected chi connectivity index (χ3v) is 2.92. The minimum absolute atomic E-state index is 0.0128. The monoisotopic (exact) mass is 304 g/mol. The van der Waals surface area contributed by atoms with E-state index in [9.17, 15) is 9.90 Å². The number of halogens is 2. The van der Waals surface area contributed by atoms with E-state index in [0.29, 0.717) is 29.6 Å². The maximum Gasteiger partial charge on any atom is 0.233 e. The van der Waals surface area contributed by atoms with Crippen LogP contribution >= 0.6 is 23.2 Å². The summed E-state index contributed by atoms with van der Waals surface area (Å²) in [5, 5.41) is 16.1. The average molecular weight is 305 g/mol. The van der Waals surface area contributed by atoms with Gasteiger partial charge in [-0.2, -0.15) is 0 Å². The molecule has 4 nitrogen and oxygen atoms in total. The summed E-state index contributed by atoms with van der Waals surface area (Å²) < 4.78 is 0. The van der Waals surface area contributed by atoms with Crippen LogP contribution in [0.4, 0.5) is 0 Å². The summed E-state index contributed by atoms with van der Waals surface area (Å²) in [6.45, 7) is 5.20. The number of phenols is 1. The van der Waals surface area contributed by atoms with Gasteiger partial charge in [-0.3, -0.25) is 4.79 Å². The van der Waals surface area contributed by atoms with E-state index in [1.165, 1.54) is 6.07 Å². The van der Waals surface area contributed by atoms with Crippen molar-refractivity contribution in [2.45, 2.75) is 20.4 Å². The predicted octanol–water partition coefficient (Wildman–Crippen LogP) is 2.56. The van der Waals surface area contributed by atoms with Crippen molar-refractivity contribution in [3.05, 3.63) is 27.7 Å². The second-order valence-electron chi connectivity index (χ2n) is 4.70. The highest BCUT2D eigenvalue weighted by molar-refractivity contribution is 6.35. The van der Waals surface area contributed by atoms with Gasteiger partial charge in [0.1, 0.15) is 5.75 Å². The van der Waals surface area contributed by atoms with Crippen LogP contribution in [0.15, 0.2) is 12.1 Å². The second-order valence-corrected chi connectivity index (χ2v) is 5.54. The number of amides is 1. The van der Waals surface area contributed by atoms with Gasteiger partial charge >= 0.3 is 0 Å². The van der Waals surface area contributed by atoms with E-state index >= 15 is 0 Å². The Kier molecular flexibility index (Phi) is 6.42. The van der Waals surface area contributed by atoms with Crippen molar-refractivity contribution in [2.24, 2.45) is 5.92 Å². The molecule has 0 aliphatic carbocycles. The van der Waals surface area contributed by atoms with Crippen LogP contribution in [0.2, 0.25) is 10.0 Å². The van der Waals surface area contributed by atoms with E-state index in [0.717, 1.165) is 0 Å². The molecule has 1 rings (SSSR count). The van der Waals surface area contributed by atoms with E-state index in [1.807, 2.05) is 13.8 Å². The molecule has 0 atom stereocenters. The first kappa shape index (κ1) is 16.1.